The van der Waals surface area contributed by atoms with Crippen LogP contribution in [-0.2, 0) is 0 Å². The summed E-state index contributed by atoms with van der Waals surface area (Å²) < 4.78 is 1.90. The van der Waals surface area contributed by atoms with Crippen molar-refractivity contribution in [3.8, 4) is 11.1 Å². The van der Waals surface area contributed by atoms with Crippen LogP contribution >= 0.6 is 0 Å². The summed E-state index contributed by atoms with van der Waals surface area (Å²) in [5, 5.41) is 10.8. The van der Waals surface area contributed by atoms with Gasteiger partial charge in [-0.1, -0.05) is 66.7 Å². The molecule has 0 radical (unpaired) electrons. The van der Waals surface area contributed by atoms with Crippen molar-refractivity contribution < 1.29 is 0 Å². The van der Waals surface area contributed by atoms with E-state index in [-0.39, 0.29) is 5.56 Å². The summed E-state index contributed by atoms with van der Waals surface area (Å²) in [4.78, 5) is 13.6. The third-order valence-electron chi connectivity index (χ3n) is 7.06. The fourth-order valence-corrected chi connectivity index (χ4v) is 5.53. The van der Waals surface area contributed by atoms with Gasteiger partial charge in [-0.25, -0.2) is 0 Å². The van der Waals surface area contributed by atoms with Gasteiger partial charge in [0.25, 0.3) is 5.56 Å². The predicted octanol–water partition coefficient (Wildman–Crippen LogP) is 7.62. The summed E-state index contributed by atoms with van der Waals surface area (Å²) in [6.07, 6.45) is 1.86. The summed E-state index contributed by atoms with van der Waals surface area (Å²) >= 11 is 0. The molecule has 5 aromatic carbocycles. The van der Waals surface area contributed by atoms with Gasteiger partial charge < -0.3 is 5.32 Å². The Morgan fingerprint density at radius 3 is 2.29 bits per heavy atom. The van der Waals surface area contributed by atoms with Crippen molar-refractivity contribution in [1.82, 2.24) is 4.40 Å². The van der Waals surface area contributed by atoms with Crippen molar-refractivity contribution >= 4 is 54.4 Å². The molecule has 0 atom stereocenters. The minimum absolute atomic E-state index is 0.0387. The molecule has 0 saturated carbocycles. The molecule has 0 aliphatic carbocycles. The van der Waals surface area contributed by atoms with Crippen molar-refractivity contribution in [2.24, 2.45) is 0 Å². The van der Waals surface area contributed by atoms with Crippen LogP contribution < -0.4 is 10.9 Å². The molecule has 0 unspecified atom stereocenters. The van der Waals surface area contributed by atoms with Gasteiger partial charge in [-0.05, 0) is 63.7 Å². The lowest BCUT2D eigenvalue weighted by Gasteiger charge is -2.12. The van der Waals surface area contributed by atoms with E-state index in [9.17, 15) is 4.79 Å². The van der Waals surface area contributed by atoms with Gasteiger partial charge in [0.2, 0.25) is 0 Å². The maximum Gasteiger partial charge on any atom is 0.263 e. The number of pyridine rings is 1. The van der Waals surface area contributed by atoms with E-state index in [0.717, 1.165) is 55.8 Å². The van der Waals surface area contributed by atoms with Gasteiger partial charge in [-0.15, -0.1) is 6.58 Å². The van der Waals surface area contributed by atoms with Crippen LogP contribution in [-0.4, -0.2) is 10.9 Å². The van der Waals surface area contributed by atoms with E-state index < -0.39 is 0 Å². The number of benzene rings is 5. The third kappa shape index (κ3) is 2.82. The van der Waals surface area contributed by atoms with Crippen LogP contribution in [0.4, 0.5) is 5.69 Å². The van der Waals surface area contributed by atoms with Gasteiger partial charge in [0.05, 0.1) is 11.0 Å². The fourth-order valence-electron chi connectivity index (χ4n) is 5.53. The van der Waals surface area contributed by atoms with Crippen molar-refractivity contribution in [3.63, 3.8) is 0 Å². The van der Waals surface area contributed by atoms with Crippen LogP contribution in [0.2, 0.25) is 0 Å². The largest absolute Gasteiger partial charge is 0.382 e. The minimum Gasteiger partial charge on any atom is -0.382 e. The number of hydrogen-bond donors (Lipinski definition) is 1. The van der Waals surface area contributed by atoms with Crippen LogP contribution in [0, 0.1) is 0 Å². The predicted molar refractivity (Wildman–Crippen MR) is 149 cm³/mol. The first kappa shape index (κ1) is 19.8. The Kier molecular flexibility index (Phi) is 4.21. The zero-order valence-electron chi connectivity index (χ0n) is 19.1. The van der Waals surface area contributed by atoms with E-state index in [4.69, 9.17) is 0 Å². The van der Waals surface area contributed by atoms with Crippen LogP contribution in [0.1, 0.15) is 0 Å². The van der Waals surface area contributed by atoms with Crippen molar-refractivity contribution in [1.29, 1.82) is 0 Å². The Labute approximate surface area is 201 Å². The smallest absolute Gasteiger partial charge is 0.263 e. The highest BCUT2D eigenvalue weighted by atomic mass is 16.1. The second-order valence-electron chi connectivity index (χ2n) is 9.03. The van der Waals surface area contributed by atoms with E-state index in [1.807, 2.05) is 46.9 Å². The van der Waals surface area contributed by atoms with E-state index in [1.54, 1.807) is 0 Å². The normalized spacial score (nSPS) is 11.8. The van der Waals surface area contributed by atoms with Crippen molar-refractivity contribution in [3.05, 3.63) is 120 Å². The summed E-state index contributed by atoms with van der Waals surface area (Å²) in [5.41, 5.74) is 5.40. The molecule has 0 aliphatic rings. The lowest BCUT2D eigenvalue weighted by molar-refractivity contribution is 1.21. The minimum atomic E-state index is 0.0387. The summed E-state index contributed by atoms with van der Waals surface area (Å²) in [5.74, 6) is 0. The van der Waals surface area contributed by atoms with Gasteiger partial charge in [0.15, 0.2) is 0 Å². The molecule has 35 heavy (non-hydrogen) atoms. The number of para-hydroxylation sites is 1. The molecular weight excluding hydrogens is 428 g/mol. The first-order valence-corrected chi connectivity index (χ1v) is 11.8. The fraction of sp³-hybridized carbons (Fsp3) is 0.0312. The van der Waals surface area contributed by atoms with Gasteiger partial charge in [0, 0.05) is 33.8 Å². The van der Waals surface area contributed by atoms with E-state index >= 15 is 0 Å². The van der Waals surface area contributed by atoms with E-state index in [1.165, 1.54) is 16.3 Å². The average molecular weight is 451 g/mol. The molecule has 166 valence electrons. The van der Waals surface area contributed by atoms with Crippen molar-refractivity contribution in [2.45, 2.75) is 0 Å². The standard InChI is InChI=1S/C32H22N2O/c1-2-16-33-22-14-15-24-20(17-22)8-7-12-23(24)21-18-28-25-9-3-4-11-27(25)32(35)34-30-13-6-5-10-26(30)29(19-21)31(28)34/h2-15,17-19,33H,1,16H2. The molecule has 1 N–H and O–H groups in total. The lowest BCUT2D eigenvalue weighted by Crippen LogP contribution is -2.12. The maximum atomic E-state index is 13.6. The highest BCUT2D eigenvalue weighted by Gasteiger charge is 2.18. The Bertz CT molecular complexity index is 2000. The van der Waals surface area contributed by atoms with Crippen molar-refractivity contribution in [2.75, 3.05) is 11.9 Å². The number of rotatable bonds is 4. The van der Waals surface area contributed by atoms with Gasteiger partial charge >= 0.3 is 0 Å². The monoisotopic (exact) mass is 450 g/mol. The quantitative estimate of drug-likeness (QED) is 0.221. The molecule has 0 aliphatic heterocycles. The summed E-state index contributed by atoms with van der Waals surface area (Å²) in [7, 11) is 0. The van der Waals surface area contributed by atoms with E-state index in [0.29, 0.717) is 0 Å². The van der Waals surface area contributed by atoms with Gasteiger partial charge in [-0.3, -0.25) is 9.20 Å². The Morgan fingerprint density at radius 1 is 0.714 bits per heavy atom. The number of fused-ring (bicyclic) bond motifs is 6. The number of aromatic nitrogens is 1. The van der Waals surface area contributed by atoms with E-state index in [2.05, 4.69) is 72.6 Å². The number of nitrogens with one attached hydrogen (secondary N) is 1. The zero-order valence-corrected chi connectivity index (χ0v) is 19.1. The second kappa shape index (κ2) is 7.44. The molecule has 7 rings (SSSR count). The molecule has 0 bridgehead atoms. The maximum absolute atomic E-state index is 13.6. The molecule has 0 spiro atoms. The molecular formula is C32H22N2O. The first-order chi connectivity index (χ1) is 17.2. The SMILES string of the molecule is C=CCNc1ccc2c(-c3cc4c5ccccc5c(=O)n5c6ccccc6c(c3)c45)cccc2c1. The van der Waals surface area contributed by atoms with Crippen LogP contribution in [0.5, 0.6) is 0 Å². The Morgan fingerprint density at radius 2 is 1.46 bits per heavy atom. The molecule has 0 amide bonds. The Hall–Kier alpha value is -4.63. The topological polar surface area (TPSA) is 33.5 Å². The molecule has 2 aromatic heterocycles. The summed E-state index contributed by atoms with van der Waals surface area (Å²) in [6, 6.07) is 33.6. The zero-order chi connectivity index (χ0) is 23.5. The van der Waals surface area contributed by atoms with Crippen LogP contribution in [0.3, 0.4) is 0 Å². The molecule has 7 aromatic rings. The molecule has 3 heteroatoms. The number of anilines is 1. The number of nitrogens with zero attached hydrogens (tertiary/aromatic N) is 1. The lowest BCUT2D eigenvalue weighted by atomic mass is 9.94. The Balaban J connectivity index is 1.61. The molecule has 0 fully saturated rings. The number of hydrogen-bond acceptors (Lipinski definition) is 2. The van der Waals surface area contributed by atoms with Gasteiger partial charge in [-0.2, -0.15) is 0 Å². The third-order valence-corrected chi connectivity index (χ3v) is 7.06. The molecule has 3 nitrogen and oxygen atoms in total. The van der Waals surface area contributed by atoms with Gasteiger partial charge in [0.1, 0.15) is 0 Å². The molecule has 0 saturated heterocycles. The van der Waals surface area contributed by atoms with Crippen LogP contribution in [0.15, 0.2) is 115 Å². The second-order valence-corrected chi connectivity index (χ2v) is 9.03. The average Bonchev–Trinajstić information content (AvgIpc) is 3.25. The van der Waals surface area contributed by atoms with Crippen LogP contribution in [0.25, 0.3) is 59.9 Å². The highest BCUT2D eigenvalue weighted by molar-refractivity contribution is 6.22. The summed E-state index contributed by atoms with van der Waals surface area (Å²) in [6.45, 7) is 4.53. The highest BCUT2D eigenvalue weighted by Crippen LogP contribution is 2.39. The molecule has 2 heterocycles. The first-order valence-electron chi connectivity index (χ1n) is 11.8.